The highest BCUT2D eigenvalue weighted by Crippen LogP contribution is 2.13. The number of allylic oxidation sites excluding steroid dienone is 3. The molecule has 30 heavy (non-hydrogen) atoms. The van der Waals surface area contributed by atoms with Crippen LogP contribution in [-0.2, 0) is 19.1 Å². The van der Waals surface area contributed by atoms with E-state index in [2.05, 4.69) is 25.2 Å². The van der Waals surface area contributed by atoms with Gasteiger partial charge in [-0.25, -0.2) is 9.59 Å². The largest absolute Gasteiger partial charge is 0.453 e. The number of unbranched alkanes of at least 4 members (excludes halogenated alkanes) is 14. The lowest BCUT2D eigenvalue weighted by Gasteiger charge is -2.20. The standard InChI is InChI=1S/C26H44O4/c1-2-3-4-5-6-7-8-9-10-11-12-13-14-15-16-17-18-19-20-21-22-24-23-29-25(27)26(28)30-24/h17-18,20-21,24H,2-16,19,22-23H2,1H3. The molecule has 1 heterocycles. The van der Waals surface area contributed by atoms with Gasteiger partial charge in [0.05, 0.1) is 0 Å². The van der Waals surface area contributed by atoms with Crippen molar-refractivity contribution in [2.45, 2.75) is 122 Å². The zero-order chi connectivity index (χ0) is 21.7. The minimum atomic E-state index is -0.887. The molecule has 4 heteroatoms. The summed E-state index contributed by atoms with van der Waals surface area (Å²) in [5.41, 5.74) is 0. The average molecular weight is 421 g/mol. The van der Waals surface area contributed by atoms with E-state index in [-0.39, 0.29) is 12.7 Å². The first-order valence-corrected chi connectivity index (χ1v) is 12.4. The Morgan fingerprint density at radius 2 is 1.23 bits per heavy atom. The maximum absolute atomic E-state index is 11.1. The number of hydrogen-bond donors (Lipinski definition) is 0. The molecule has 172 valence electrons. The zero-order valence-electron chi connectivity index (χ0n) is 19.2. The molecule has 1 rings (SSSR count). The molecule has 1 aliphatic rings. The molecule has 0 aromatic heterocycles. The van der Waals surface area contributed by atoms with Crippen LogP contribution in [0.3, 0.4) is 0 Å². The van der Waals surface area contributed by atoms with E-state index in [9.17, 15) is 9.59 Å². The monoisotopic (exact) mass is 420 g/mol. The minimum Gasteiger partial charge on any atom is -0.453 e. The SMILES string of the molecule is CCCCCCCCCCCCCCCCC=CCC=CCC1COC(=O)C(=O)O1. The van der Waals surface area contributed by atoms with Crippen LogP contribution in [0, 0.1) is 0 Å². The molecular formula is C26H44O4. The first-order valence-electron chi connectivity index (χ1n) is 12.4. The Bertz CT molecular complexity index is 495. The second-order valence-corrected chi connectivity index (χ2v) is 8.42. The second-order valence-electron chi connectivity index (χ2n) is 8.42. The van der Waals surface area contributed by atoms with Gasteiger partial charge >= 0.3 is 11.9 Å². The summed E-state index contributed by atoms with van der Waals surface area (Å²) in [6.45, 7) is 2.44. The first kappa shape index (κ1) is 26.5. The highest BCUT2D eigenvalue weighted by molar-refractivity contribution is 6.30. The predicted octanol–water partition coefficient (Wildman–Crippen LogP) is 7.22. The zero-order valence-corrected chi connectivity index (χ0v) is 19.2. The number of rotatable bonds is 19. The molecule has 0 aliphatic carbocycles. The summed E-state index contributed by atoms with van der Waals surface area (Å²) in [7, 11) is 0. The van der Waals surface area contributed by atoms with Crippen molar-refractivity contribution in [3.8, 4) is 0 Å². The second kappa shape index (κ2) is 19.4. The topological polar surface area (TPSA) is 52.6 Å². The molecule has 0 spiro atoms. The van der Waals surface area contributed by atoms with Crippen molar-refractivity contribution >= 4 is 11.9 Å². The van der Waals surface area contributed by atoms with Gasteiger partial charge in [0.1, 0.15) is 12.7 Å². The van der Waals surface area contributed by atoms with Crippen LogP contribution < -0.4 is 0 Å². The number of esters is 2. The van der Waals surface area contributed by atoms with Crippen molar-refractivity contribution in [2.24, 2.45) is 0 Å². The summed E-state index contributed by atoms with van der Waals surface area (Å²) < 4.78 is 9.69. The lowest BCUT2D eigenvalue weighted by molar-refractivity contribution is -0.184. The van der Waals surface area contributed by atoms with Gasteiger partial charge in [0, 0.05) is 6.42 Å². The van der Waals surface area contributed by atoms with E-state index in [1.807, 2.05) is 6.08 Å². The summed E-state index contributed by atoms with van der Waals surface area (Å²) in [6.07, 6.45) is 30.4. The molecule has 0 aromatic carbocycles. The van der Waals surface area contributed by atoms with E-state index in [0.29, 0.717) is 6.42 Å². The molecule has 1 aliphatic heterocycles. The van der Waals surface area contributed by atoms with Gasteiger partial charge < -0.3 is 9.47 Å². The fourth-order valence-corrected chi connectivity index (χ4v) is 3.67. The highest BCUT2D eigenvalue weighted by atomic mass is 16.6. The maximum Gasteiger partial charge on any atom is 0.417 e. The first-order chi connectivity index (χ1) is 14.7. The smallest absolute Gasteiger partial charge is 0.417 e. The number of carbonyl (C=O) groups excluding carboxylic acids is 2. The van der Waals surface area contributed by atoms with Gasteiger partial charge in [-0.05, 0) is 19.3 Å². The molecule has 0 radical (unpaired) electrons. The summed E-state index contributed by atoms with van der Waals surface area (Å²) in [5, 5.41) is 0. The van der Waals surface area contributed by atoms with Gasteiger partial charge in [0.25, 0.3) is 0 Å². The molecule has 0 amide bonds. The van der Waals surface area contributed by atoms with E-state index in [0.717, 1.165) is 12.8 Å². The molecule has 0 aromatic rings. The third kappa shape index (κ3) is 15.3. The summed E-state index contributed by atoms with van der Waals surface area (Å²) >= 11 is 0. The van der Waals surface area contributed by atoms with Crippen LogP contribution in [0.2, 0.25) is 0 Å². The Morgan fingerprint density at radius 1 is 0.700 bits per heavy atom. The maximum atomic E-state index is 11.1. The van der Waals surface area contributed by atoms with Crippen LogP contribution in [0.5, 0.6) is 0 Å². The molecular weight excluding hydrogens is 376 g/mol. The lowest BCUT2D eigenvalue weighted by Crippen LogP contribution is -2.36. The average Bonchev–Trinajstić information content (AvgIpc) is 2.74. The van der Waals surface area contributed by atoms with Crippen molar-refractivity contribution in [1.29, 1.82) is 0 Å². The van der Waals surface area contributed by atoms with Crippen LogP contribution in [0.4, 0.5) is 0 Å². The molecule has 1 unspecified atom stereocenters. The van der Waals surface area contributed by atoms with Crippen LogP contribution >= 0.6 is 0 Å². The van der Waals surface area contributed by atoms with Crippen molar-refractivity contribution in [3.63, 3.8) is 0 Å². The normalized spacial score (nSPS) is 17.0. The molecule has 0 N–H and O–H groups in total. The molecule has 1 fully saturated rings. The van der Waals surface area contributed by atoms with E-state index in [4.69, 9.17) is 9.47 Å². The molecule has 1 saturated heterocycles. The Labute approximate surface area is 184 Å². The minimum absolute atomic E-state index is 0.157. The van der Waals surface area contributed by atoms with Crippen LogP contribution in [-0.4, -0.2) is 24.6 Å². The molecule has 0 saturated carbocycles. The Hall–Kier alpha value is -1.58. The van der Waals surface area contributed by atoms with Gasteiger partial charge in [0.2, 0.25) is 0 Å². The van der Waals surface area contributed by atoms with Gasteiger partial charge in [-0.15, -0.1) is 0 Å². The summed E-state index contributed by atoms with van der Waals surface area (Å²) in [6, 6.07) is 0. The van der Waals surface area contributed by atoms with Gasteiger partial charge in [-0.3, -0.25) is 0 Å². The Balaban J connectivity index is 1.79. The van der Waals surface area contributed by atoms with E-state index in [1.54, 1.807) is 0 Å². The van der Waals surface area contributed by atoms with Gasteiger partial charge in [0.15, 0.2) is 0 Å². The summed E-state index contributed by atoms with van der Waals surface area (Å²) in [4.78, 5) is 22.0. The predicted molar refractivity (Wildman–Crippen MR) is 123 cm³/mol. The third-order valence-corrected chi connectivity index (χ3v) is 5.57. The summed E-state index contributed by atoms with van der Waals surface area (Å²) in [5.74, 6) is -1.77. The van der Waals surface area contributed by atoms with Crippen LogP contribution in [0.15, 0.2) is 24.3 Å². The molecule has 1 atom stereocenters. The molecule has 4 nitrogen and oxygen atoms in total. The number of cyclic esters (lactones) is 2. The third-order valence-electron chi connectivity index (χ3n) is 5.57. The van der Waals surface area contributed by atoms with E-state index >= 15 is 0 Å². The number of carbonyl (C=O) groups is 2. The van der Waals surface area contributed by atoms with E-state index in [1.165, 1.54) is 89.9 Å². The van der Waals surface area contributed by atoms with Crippen LogP contribution in [0.25, 0.3) is 0 Å². The van der Waals surface area contributed by atoms with Crippen molar-refractivity contribution in [1.82, 2.24) is 0 Å². The quantitative estimate of drug-likeness (QED) is 0.0958. The Morgan fingerprint density at radius 3 is 1.80 bits per heavy atom. The number of hydrogen-bond acceptors (Lipinski definition) is 4. The number of ether oxygens (including phenoxy) is 2. The highest BCUT2D eigenvalue weighted by Gasteiger charge is 2.28. The Kier molecular flexibility index (Phi) is 17.1. The van der Waals surface area contributed by atoms with Gasteiger partial charge in [-0.2, -0.15) is 0 Å². The fourth-order valence-electron chi connectivity index (χ4n) is 3.67. The fraction of sp³-hybridized carbons (Fsp3) is 0.769. The van der Waals surface area contributed by atoms with Crippen molar-refractivity contribution < 1.29 is 19.1 Å². The molecule has 0 bridgehead atoms. The van der Waals surface area contributed by atoms with Crippen molar-refractivity contribution in [2.75, 3.05) is 6.61 Å². The van der Waals surface area contributed by atoms with E-state index < -0.39 is 11.9 Å². The lowest BCUT2D eigenvalue weighted by atomic mass is 10.0. The van der Waals surface area contributed by atoms with Crippen LogP contribution in [0.1, 0.15) is 116 Å². The van der Waals surface area contributed by atoms with Gasteiger partial charge in [-0.1, -0.05) is 115 Å². The van der Waals surface area contributed by atoms with Crippen molar-refractivity contribution in [3.05, 3.63) is 24.3 Å².